The molecule has 2 atom stereocenters. The van der Waals surface area contributed by atoms with Crippen molar-refractivity contribution < 1.29 is 13.6 Å². The summed E-state index contributed by atoms with van der Waals surface area (Å²) in [7, 11) is 0. The quantitative estimate of drug-likeness (QED) is 0.477. The predicted molar refractivity (Wildman–Crippen MR) is 78.5 cm³/mol. The number of nitrogens with zero attached hydrogens (tertiary/aromatic N) is 1. The maximum atomic E-state index is 13.3. The van der Waals surface area contributed by atoms with Crippen LogP contribution >= 0.6 is 39.3 Å². The van der Waals surface area contributed by atoms with Gasteiger partial charge in [-0.15, -0.1) is 0 Å². The number of benzene rings is 1. The van der Waals surface area contributed by atoms with Gasteiger partial charge in [-0.05, 0) is 27.6 Å². The SMILES string of the molecule is NC1=NC(Cl)C(C(=O)NCc2cc(F)cc(F)c2Br)S1. The van der Waals surface area contributed by atoms with E-state index < -0.39 is 28.3 Å². The fourth-order valence-electron chi connectivity index (χ4n) is 1.61. The molecule has 108 valence electrons. The van der Waals surface area contributed by atoms with E-state index in [0.717, 1.165) is 23.9 Å². The average Bonchev–Trinajstić information content (AvgIpc) is 2.71. The van der Waals surface area contributed by atoms with Crippen LogP contribution in [0.15, 0.2) is 21.6 Å². The molecule has 0 radical (unpaired) electrons. The van der Waals surface area contributed by atoms with Crippen LogP contribution in [0.4, 0.5) is 8.78 Å². The number of nitrogens with two attached hydrogens (primary N) is 1. The molecule has 2 rings (SSSR count). The van der Waals surface area contributed by atoms with Gasteiger partial charge in [-0.1, -0.05) is 23.4 Å². The number of amides is 1. The van der Waals surface area contributed by atoms with Crippen molar-refractivity contribution in [1.82, 2.24) is 5.32 Å². The third kappa shape index (κ3) is 3.42. The Bertz CT molecular complexity index is 587. The Labute approximate surface area is 131 Å². The summed E-state index contributed by atoms with van der Waals surface area (Å²) in [5, 5.41) is 2.15. The monoisotopic (exact) mass is 383 g/mol. The second kappa shape index (κ2) is 6.28. The van der Waals surface area contributed by atoms with Gasteiger partial charge in [-0.3, -0.25) is 4.79 Å². The van der Waals surface area contributed by atoms with Crippen molar-refractivity contribution in [2.45, 2.75) is 17.3 Å². The van der Waals surface area contributed by atoms with Crippen molar-refractivity contribution in [1.29, 1.82) is 0 Å². The number of carbonyl (C=O) groups excluding carboxylic acids is 1. The lowest BCUT2D eigenvalue weighted by atomic mass is 10.2. The molecule has 1 aliphatic heterocycles. The van der Waals surface area contributed by atoms with Crippen LogP contribution in [0, 0.1) is 11.6 Å². The Morgan fingerprint density at radius 2 is 2.25 bits per heavy atom. The Morgan fingerprint density at radius 1 is 1.55 bits per heavy atom. The summed E-state index contributed by atoms with van der Waals surface area (Å²) in [5.74, 6) is -1.84. The highest BCUT2D eigenvalue weighted by atomic mass is 79.9. The van der Waals surface area contributed by atoms with Crippen LogP contribution in [0.2, 0.25) is 0 Å². The lowest BCUT2D eigenvalue weighted by Crippen LogP contribution is -2.35. The van der Waals surface area contributed by atoms with E-state index in [1.165, 1.54) is 0 Å². The summed E-state index contributed by atoms with van der Waals surface area (Å²) in [6.07, 6.45) is 0. The Balaban J connectivity index is 2.01. The average molecular weight is 385 g/mol. The minimum absolute atomic E-state index is 0.0331. The molecule has 1 heterocycles. The van der Waals surface area contributed by atoms with Crippen molar-refractivity contribution >= 4 is 50.4 Å². The first-order valence-electron chi connectivity index (χ1n) is 5.43. The summed E-state index contributed by atoms with van der Waals surface area (Å²) in [6.45, 7) is -0.0331. The Morgan fingerprint density at radius 3 is 2.85 bits per heavy atom. The second-order valence-electron chi connectivity index (χ2n) is 3.96. The molecule has 0 aliphatic carbocycles. The highest BCUT2D eigenvalue weighted by molar-refractivity contribution is 9.10. The molecule has 0 saturated carbocycles. The molecule has 0 bridgehead atoms. The Hall–Kier alpha value is -0.860. The normalized spacial score (nSPS) is 21.7. The van der Waals surface area contributed by atoms with Crippen LogP contribution in [0.1, 0.15) is 5.56 Å². The van der Waals surface area contributed by atoms with Gasteiger partial charge in [0.15, 0.2) is 5.17 Å². The summed E-state index contributed by atoms with van der Waals surface area (Å²) in [6, 6.07) is 1.89. The minimum atomic E-state index is -0.743. The summed E-state index contributed by atoms with van der Waals surface area (Å²) in [4.78, 5) is 15.7. The van der Waals surface area contributed by atoms with E-state index in [2.05, 4.69) is 26.2 Å². The fourth-order valence-corrected chi connectivity index (χ4v) is 3.20. The van der Waals surface area contributed by atoms with Gasteiger partial charge in [0.1, 0.15) is 22.4 Å². The van der Waals surface area contributed by atoms with Crippen molar-refractivity contribution in [3.8, 4) is 0 Å². The Kier molecular flexibility index (Phi) is 4.87. The van der Waals surface area contributed by atoms with Gasteiger partial charge < -0.3 is 11.1 Å². The number of rotatable bonds is 3. The topological polar surface area (TPSA) is 67.5 Å². The predicted octanol–water partition coefficient (Wildman–Crippen LogP) is 2.34. The molecule has 20 heavy (non-hydrogen) atoms. The number of thioether (sulfide) groups is 1. The molecule has 0 saturated heterocycles. The summed E-state index contributed by atoms with van der Waals surface area (Å²) < 4.78 is 26.5. The fraction of sp³-hybridized carbons (Fsp3) is 0.273. The number of hydrogen-bond donors (Lipinski definition) is 2. The van der Waals surface area contributed by atoms with Crippen LogP contribution in [0.3, 0.4) is 0 Å². The van der Waals surface area contributed by atoms with Gasteiger partial charge >= 0.3 is 0 Å². The molecule has 1 amide bonds. The number of carbonyl (C=O) groups is 1. The van der Waals surface area contributed by atoms with Gasteiger partial charge in [0.2, 0.25) is 5.91 Å². The van der Waals surface area contributed by atoms with Crippen molar-refractivity contribution in [2.75, 3.05) is 0 Å². The molecular weight excluding hydrogens is 376 g/mol. The number of hydrogen-bond acceptors (Lipinski definition) is 4. The van der Waals surface area contributed by atoms with Crippen molar-refractivity contribution in [2.24, 2.45) is 10.7 Å². The smallest absolute Gasteiger partial charge is 0.237 e. The molecule has 0 aromatic heterocycles. The third-order valence-corrected chi connectivity index (χ3v) is 4.99. The van der Waals surface area contributed by atoms with Crippen molar-refractivity contribution in [3.05, 3.63) is 33.8 Å². The molecule has 4 nitrogen and oxygen atoms in total. The highest BCUT2D eigenvalue weighted by Crippen LogP contribution is 2.28. The van der Waals surface area contributed by atoms with Crippen LogP contribution < -0.4 is 11.1 Å². The van der Waals surface area contributed by atoms with Gasteiger partial charge in [-0.25, -0.2) is 13.8 Å². The molecule has 0 spiro atoms. The van der Waals surface area contributed by atoms with Crippen LogP contribution in [0.25, 0.3) is 0 Å². The van der Waals surface area contributed by atoms with E-state index in [4.69, 9.17) is 17.3 Å². The largest absolute Gasteiger partial charge is 0.378 e. The van der Waals surface area contributed by atoms with E-state index in [1.807, 2.05) is 0 Å². The first-order chi connectivity index (χ1) is 9.38. The number of amidine groups is 1. The number of nitrogens with one attached hydrogen (secondary N) is 1. The second-order valence-corrected chi connectivity index (χ2v) is 6.36. The van der Waals surface area contributed by atoms with Crippen LogP contribution in [0.5, 0.6) is 0 Å². The molecular formula is C11H9BrClF2N3OS. The van der Waals surface area contributed by atoms with E-state index in [0.29, 0.717) is 5.56 Å². The van der Waals surface area contributed by atoms with E-state index >= 15 is 0 Å². The zero-order valence-corrected chi connectivity index (χ0v) is 13.0. The molecule has 0 fully saturated rings. The molecule has 3 N–H and O–H groups in total. The number of alkyl halides is 1. The molecule has 1 aliphatic rings. The standard InChI is InChI=1S/C11H9BrClF2N3OS/c12-7-4(1-5(14)2-6(7)15)3-17-10(19)8-9(13)18-11(16)20-8/h1-2,8-9H,3H2,(H2,16,18)(H,17,19). The molecule has 2 unspecified atom stereocenters. The van der Waals surface area contributed by atoms with Gasteiger partial charge in [0, 0.05) is 12.6 Å². The van der Waals surface area contributed by atoms with Crippen LogP contribution in [-0.4, -0.2) is 21.8 Å². The first kappa shape index (κ1) is 15.5. The highest BCUT2D eigenvalue weighted by Gasteiger charge is 2.33. The zero-order valence-electron chi connectivity index (χ0n) is 9.87. The lowest BCUT2D eigenvalue weighted by molar-refractivity contribution is -0.120. The maximum absolute atomic E-state index is 13.3. The third-order valence-electron chi connectivity index (χ3n) is 2.53. The number of aliphatic imine (C=N–C) groups is 1. The zero-order chi connectivity index (χ0) is 14.9. The molecule has 1 aromatic carbocycles. The molecule has 9 heteroatoms. The van der Waals surface area contributed by atoms with Crippen molar-refractivity contribution in [3.63, 3.8) is 0 Å². The van der Waals surface area contributed by atoms with E-state index in [1.54, 1.807) is 0 Å². The van der Waals surface area contributed by atoms with E-state index in [-0.39, 0.29) is 16.2 Å². The maximum Gasteiger partial charge on any atom is 0.237 e. The first-order valence-corrected chi connectivity index (χ1v) is 7.54. The minimum Gasteiger partial charge on any atom is -0.378 e. The van der Waals surface area contributed by atoms with Gasteiger partial charge in [0.05, 0.1) is 4.47 Å². The molecule has 1 aromatic rings. The van der Waals surface area contributed by atoms with Crippen LogP contribution in [-0.2, 0) is 11.3 Å². The summed E-state index contributed by atoms with van der Waals surface area (Å²) in [5.41, 5.74) is 5.01. The number of halogens is 4. The lowest BCUT2D eigenvalue weighted by Gasteiger charge is -2.13. The van der Waals surface area contributed by atoms with Gasteiger partial charge in [-0.2, -0.15) is 0 Å². The van der Waals surface area contributed by atoms with E-state index in [9.17, 15) is 13.6 Å². The summed E-state index contributed by atoms with van der Waals surface area (Å²) >= 11 is 9.91. The van der Waals surface area contributed by atoms with Gasteiger partial charge in [0.25, 0.3) is 0 Å².